The van der Waals surface area contributed by atoms with Gasteiger partial charge in [0.05, 0.1) is 5.69 Å². The molecule has 0 bridgehead atoms. The van der Waals surface area contributed by atoms with E-state index in [4.69, 9.17) is 0 Å². The number of nitrogens with zero attached hydrogens (tertiary/aromatic N) is 5. The number of aliphatic imine (C=N–C) groups is 1. The number of benzene rings is 3. The number of alkyl halides is 3. The molecule has 0 N–H and O–H groups in total. The predicted molar refractivity (Wildman–Crippen MR) is 182 cm³/mol. The van der Waals surface area contributed by atoms with E-state index in [1.807, 2.05) is 24.3 Å². The number of thioether (sulfide) groups is 1. The maximum Gasteiger partial charge on any atom is 0.573 e. The van der Waals surface area contributed by atoms with Gasteiger partial charge in [0, 0.05) is 29.5 Å². The minimum Gasteiger partial charge on any atom is -0.406 e. The molecule has 11 heteroatoms. The van der Waals surface area contributed by atoms with Crippen LogP contribution < -0.4 is 9.64 Å². The molecular weight excluding hydrogens is 623 g/mol. The van der Waals surface area contributed by atoms with Gasteiger partial charge in [0.15, 0.2) is 11.0 Å². The highest BCUT2D eigenvalue weighted by Crippen LogP contribution is 2.35. The van der Waals surface area contributed by atoms with Crippen molar-refractivity contribution in [1.29, 1.82) is 0 Å². The van der Waals surface area contributed by atoms with E-state index in [1.165, 1.54) is 52.0 Å². The number of amides is 1. The van der Waals surface area contributed by atoms with Crippen LogP contribution in [0.4, 0.5) is 18.9 Å². The Hall–Kier alpha value is -4.12. The lowest BCUT2D eigenvalue weighted by atomic mass is 9.81. The van der Waals surface area contributed by atoms with Crippen LogP contribution in [0.25, 0.3) is 17.1 Å². The molecule has 1 unspecified atom stereocenters. The van der Waals surface area contributed by atoms with E-state index in [0.717, 1.165) is 40.6 Å². The van der Waals surface area contributed by atoms with E-state index in [2.05, 4.69) is 78.4 Å². The number of rotatable bonds is 9. The second-order valence-electron chi connectivity index (χ2n) is 13.0. The van der Waals surface area contributed by atoms with Crippen molar-refractivity contribution < 1.29 is 22.7 Å². The zero-order valence-electron chi connectivity index (χ0n) is 27.6. The van der Waals surface area contributed by atoms with E-state index in [9.17, 15) is 18.0 Å². The second kappa shape index (κ2) is 13.9. The first-order chi connectivity index (χ1) is 22.2. The number of amidine groups is 1. The molecule has 0 saturated carbocycles. The Bertz CT molecular complexity index is 1720. The third kappa shape index (κ3) is 8.82. The average Bonchev–Trinajstić information content (AvgIpc) is 3.47. The van der Waals surface area contributed by atoms with Gasteiger partial charge in [-0.05, 0) is 93.3 Å². The number of hydrogen-bond acceptors (Lipinski definition) is 5. The van der Waals surface area contributed by atoms with Crippen LogP contribution in [-0.2, 0) is 11.2 Å². The molecular formula is C36H40F3N5O2S. The molecule has 1 aromatic heterocycles. The normalized spacial score (nSPS) is 16.5. The topological polar surface area (TPSA) is 72.6 Å². The molecule has 1 amide bonds. The van der Waals surface area contributed by atoms with Gasteiger partial charge in [-0.2, -0.15) is 4.99 Å². The summed E-state index contributed by atoms with van der Waals surface area (Å²) in [5.41, 5.74) is 7.15. The number of carbonyl (C=O) groups is 1. The highest BCUT2D eigenvalue weighted by atomic mass is 32.2. The third-order valence-corrected chi connectivity index (χ3v) is 9.23. The maximum absolute atomic E-state index is 13.2. The molecule has 1 aliphatic rings. The molecule has 0 spiro atoms. The maximum atomic E-state index is 13.2. The first kappa shape index (κ1) is 34.2. The van der Waals surface area contributed by atoms with Crippen LogP contribution in [-0.4, -0.2) is 44.0 Å². The van der Waals surface area contributed by atoms with E-state index in [-0.39, 0.29) is 23.1 Å². The molecule has 0 aliphatic carbocycles. The molecule has 1 atom stereocenters. The third-order valence-electron chi connectivity index (χ3n) is 8.25. The Balaban J connectivity index is 1.20. The van der Waals surface area contributed by atoms with E-state index < -0.39 is 6.36 Å². The van der Waals surface area contributed by atoms with Crippen molar-refractivity contribution in [2.45, 2.75) is 79.6 Å². The van der Waals surface area contributed by atoms with Gasteiger partial charge in [-0.25, -0.2) is 9.67 Å². The number of anilines is 1. The van der Waals surface area contributed by atoms with Crippen molar-refractivity contribution in [2.75, 3.05) is 10.7 Å². The Morgan fingerprint density at radius 3 is 2.32 bits per heavy atom. The number of carbonyl (C=O) groups excluding carboxylic acids is 1. The zero-order valence-corrected chi connectivity index (χ0v) is 28.4. The van der Waals surface area contributed by atoms with E-state index in [1.54, 1.807) is 11.8 Å². The van der Waals surface area contributed by atoms with Crippen LogP contribution in [0, 0.1) is 26.2 Å². The standard InChI is InChI=1S/C36H40F3N5O2S/c1-23-19-24(2)32(25(3)20-23)44-26(4)16-18-47-34(44)41-31(45)15-17-35(5,6)21-27-7-9-28(10-8-27)33-40-22-43(42-33)29-11-13-30(14-12-29)46-36(37,38)39/h7-14,19-20,22,26H,15-18,21H2,1-6H3. The summed E-state index contributed by atoms with van der Waals surface area (Å²) in [7, 11) is 0. The first-order valence-electron chi connectivity index (χ1n) is 15.7. The van der Waals surface area contributed by atoms with Crippen LogP contribution in [0.2, 0.25) is 0 Å². The Morgan fingerprint density at radius 1 is 1.02 bits per heavy atom. The minimum atomic E-state index is -4.74. The average molecular weight is 664 g/mol. The van der Waals surface area contributed by atoms with Gasteiger partial charge < -0.3 is 9.64 Å². The fourth-order valence-electron chi connectivity index (χ4n) is 6.00. The van der Waals surface area contributed by atoms with Crippen molar-refractivity contribution in [3.05, 3.63) is 89.2 Å². The van der Waals surface area contributed by atoms with Crippen LogP contribution in [0.1, 0.15) is 62.3 Å². The van der Waals surface area contributed by atoms with E-state index in [0.29, 0.717) is 24.4 Å². The lowest BCUT2D eigenvalue weighted by molar-refractivity contribution is -0.274. The summed E-state index contributed by atoms with van der Waals surface area (Å²) in [6, 6.07) is 18.1. The molecule has 3 aromatic carbocycles. The molecule has 7 nitrogen and oxygen atoms in total. The predicted octanol–water partition coefficient (Wildman–Crippen LogP) is 9.02. The van der Waals surface area contributed by atoms with E-state index >= 15 is 0 Å². The highest BCUT2D eigenvalue weighted by molar-refractivity contribution is 8.14. The summed E-state index contributed by atoms with van der Waals surface area (Å²) in [5, 5.41) is 5.28. The number of aryl methyl sites for hydroxylation is 3. The van der Waals surface area contributed by atoms with Gasteiger partial charge in [-0.15, -0.1) is 18.3 Å². The summed E-state index contributed by atoms with van der Waals surface area (Å²) < 4.78 is 42.8. The lowest BCUT2D eigenvalue weighted by Gasteiger charge is -2.37. The van der Waals surface area contributed by atoms with Crippen molar-refractivity contribution in [1.82, 2.24) is 14.8 Å². The fourth-order valence-corrected chi connectivity index (χ4v) is 7.22. The largest absolute Gasteiger partial charge is 0.573 e. The van der Waals surface area contributed by atoms with Crippen molar-refractivity contribution in [2.24, 2.45) is 10.4 Å². The summed E-state index contributed by atoms with van der Waals surface area (Å²) in [6.07, 6.45) is -0.343. The molecule has 4 aromatic rings. The minimum absolute atomic E-state index is 0.0957. The second-order valence-corrected chi connectivity index (χ2v) is 14.0. The smallest absolute Gasteiger partial charge is 0.406 e. The van der Waals surface area contributed by atoms with Gasteiger partial charge in [0.2, 0.25) is 5.91 Å². The van der Waals surface area contributed by atoms with Crippen molar-refractivity contribution in [3.63, 3.8) is 0 Å². The first-order valence-corrected chi connectivity index (χ1v) is 16.6. The molecule has 5 rings (SSSR count). The highest BCUT2D eigenvalue weighted by Gasteiger charge is 2.31. The van der Waals surface area contributed by atoms with Crippen molar-refractivity contribution in [3.8, 4) is 22.8 Å². The summed E-state index contributed by atoms with van der Waals surface area (Å²) in [5.74, 6) is 1.04. The number of halogens is 3. The molecule has 248 valence electrons. The van der Waals surface area contributed by atoms with Crippen LogP contribution in [0.5, 0.6) is 5.75 Å². The number of hydrogen-bond donors (Lipinski definition) is 0. The lowest BCUT2D eigenvalue weighted by Crippen LogP contribution is -2.42. The zero-order chi connectivity index (χ0) is 33.9. The van der Waals surface area contributed by atoms with Gasteiger partial charge >= 0.3 is 6.36 Å². The van der Waals surface area contributed by atoms with Gasteiger partial charge in [-0.3, -0.25) is 4.79 Å². The number of aromatic nitrogens is 3. The molecule has 1 saturated heterocycles. The van der Waals surface area contributed by atoms with Crippen molar-refractivity contribution >= 4 is 28.5 Å². The summed E-state index contributed by atoms with van der Waals surface area (Å²) >= 11 is 1.66. The van der Waals surface area contributed by atoms with Crippen LogP contribution >= 0.6 is 11.8 Å². The Kier molecular flexibility index (Phi) is 10.1. The molecule has 47 heavy (non-hydrogen) atoms. The fraction of sp³-hybridized carbons (Fsp3) is 0.389. The molecule has 2 heterocycles. The Labute approximate surface area is 278 Å². The molecule has 0 radical (unpaired) electrons. The van der Waals surface area contributed by atoms with Crippen LogP contribution in [0.3, 0.4) is 0 Å². The Morgan fingerprint density at radius 2 is 1.68 bits per heavy atom. The van der Waals surface area contributed by atoms with Gasteiger partial charge in [-0.1, -0.05) is 67.6 Å². The number of ether oxygens (including phenoxy) is 1. The monoisotopic (exact) mass is 663 g/mol. The molecule has 1 aliphatic heterocycles. The van der Waals surface area contributed by atoms with Gasteiger partial charge in [0.1, 0.15) is 12.1 Å². The quantitative estimate of drug-likeness (QED) is 0.178. The summed E-state index contributed by atoms with van der Waals surface area (Å²) in [6.45, 7) is 12.9. The summed E-state index contributed by atoms with van der Waals surface area (Å²) in [4.78, 5) is 24.5. The molecule has 1 fully saturated rings. The SMILES string of the molecule is Cc1cc(C)c(N2C(=NC(=O)CCC(C)(C)Cc3ccc(-c4ncn(-c5ccc(OC(F)(F)F)cc5)n4)cc3)SCCC2C)c(C)c1. The van der Waals surface area contributed by atoms with Gasteiger partial charge in [0.25, 0.3) is 0 Å². The van der Waals surface area contributed by atoms with Crippen LogP contribution in [0.15, 0.2) is 72.0 Å².